The Morgan fingerprint density at radius 3 is 2.29 bits per heavy atom. The van der Waals surface area contributed by atoms with Gasteiger partial charge in [0.15, 0.2) is 0 Å². The highest BCUT2D eigenvalue weighted by Crippen LogP contribution is 2.21. The van der Waals surface area contributed by atoms with Crippen molar-refractivity contribution in [1.29, 1.82) is 5.26 Å². The SMILES string of the molecule is N#Cc1ccc(CNCC(F)(F)C(F)F)cc1. The molecule has 17 heavy (non-hydrogen) atoms. The summed E-state index contributed by atoms with van der Waals surface area (Å²) in [5.41, 5.74) is 1.10. The van der Waals surface area contributed by atoms with Gasteiger partial charge in [0, 0.05) is 6.54 Å². The molecule has 6 heteroatoms. The van der Waals surface area contributed by atoms with Crippen molar-refractivity contribution in [3.05, 3.63) is 35.4 Å². The summed E-state index contributed by atoms with van der Waals surface area (Å²) < 4.78 is 48.6. The van der Waals surface area contributed by atoms with E-state index < -0.39 is 18.9 Å². The first-order valence-electron chi connectivity index (χ1n) is 4.81. The second-order valence-corrected chi connectivity index (χ2v) is 3.47. The van der Waals surface area contributed by atoms with E-state index in [-0.39, 0.29) is 6.54 Å². The highest BCUT2D eigenvalue weighted by Gasteiger charge is 2.39. The summed E-state index contributed by atoms with van der Waals surface area (Å²) in [7, 11) is 0. The fourth-order valence-electron chi connectivity index (χ4n) is 1.15. The van der Waals surface area contributed by atoms with Crippen LogP contribution in [0.25, 0.3) is 0 Å². The van der Waals surface area contributed by atoms with Gasteiger partial charge in [0.2, 0.25) is 0 Å². The van der Waals surface area contributed by atoms with E-state index in [0.29, 0.717) is 11.1 Å². The molecule has 0 saturated carbocycles. The van der Waals surface area contributed by atoms with E-state index in [1.54, 1.807) is 12.1 Å². The number of benzene rings is 1. The average molecular weight is 246 g/mol. The smallest absolute Gasteiger partial charge is 0.307 e. The Kier molecular flexibility index (Phi) is 4.46. The Morgan fingerprint density at radius 1 is 1.24 bits per heavy atom. The number of nitrogens with one attached hydrogen (secondary N) is 1. The molecular weight excluding hydrogens is 236 g/mol. The van der Waals surface area contributed by atoms with Crippen molar-refractivity contribution < 1.29 is 17.6 Å². The van der Waals surface area contributed by atoms with Crippen molar-refractivity contribution in [2.45, 2.75) is 18.9 Å². The Bertz CT molecular complexity index is 395. The zero-order valence-electron chi connectivity index (χ0n) is 8.76. The molecule has 0 heterocycles. The average Bonchev–Trinajstić information content (AvgIpc) is 2.29. The van der Waals surface area contributed by atoms with Crippen LogP contribution in [0.1, 0.15) is 11.1 Å². The monoisotopic (exact) mass is 246 g/mol. The van der Waals surface area contributed by atoms with Crippen molar-refractivity contribution >= 4 is 0 Å². The molecule has 1 aromatic rings. The summed E-state index contributed by atoms with van der Waals surface area (Å²) in [6, 6.07) is 8.12. The van der Waals surface area contributed by atoms with E-state index in [0.717, 1.165) is 0 Å². The molecular formula is C11H10F4N2. The van der Waals surface area contributed by atoms with Crippen LogP contribution in [0.2, 0.25) is 0 Å². The fourth-order valence-corrected chi connectivity index (χ4v) is 1.15. The number of nitriles is 1. The van der Waals surface area contributed by atoms with Crippen LogP contribution in [-0.4, -0.2) is 18.9 Å². The minimum atomic E-state index is -4.02. The molecule has 92 valence electrons. The number of halogens is 4. The minimum absolute atomic E-state index is 0.0496. The van der Waals surface area contributed by atoms with E-state index in [9.17, 15) is 17.6 Å². The van der Waals surface area contributed by atoms with Crippen LogP contribution in [0, 0.1) is 11.3 Å². The summed E-state index contributed by atoms with van der Waals surface area (Å²) in [5.74, 6) is -4.02. The molecule has 1 aromatic carbocycles. The third-order valence-electron chi connectivity index (χ3n) is 2.09. The molecule has 1 rings (SSSR count). The topological polar surface area (TPSA) is 35.8 Å². The predicted octanol–water partition coefficient (Wildman–Crippen LogP) is 2.55. The van der Waals surface area contributed by atoms with Gasteiger partial charge in [0.05, 0.1) is 18.2 Å². The molecule has 0 aliphatic heterocycles. The zero-order valence-corrected chi connectivity index (χ0v) is 8.76. The van der Waals surface area contributed by atoms with Crippen molar-refractivity contribution in [3.8, 4) is 6.07 Å². The first kappa shape index (κ1) is 13.5. The molecule has 0 aliphatic rings. The Morgan fingerprint density at radius 2 is 1.82 bits per heavy atom. The summed E-state index contributed by atoms with van der Waals surface area (Å²) in [6.07, 6.45) is -3.67. The maximum atomic E-state index is 12.5. The highest BCUT2D eigenvalue weighted by molar-refractivity contribution is 5.31. The van der Waals surface area contributed by atoms with E-state index in [1.807, 2.05) is 6.07 Å². The van der Waals surface area contributed by atoms with Gasteiger partial charge in [0.25, 0.3) is 0 Å². The van der Waals surface area contributed by atoms with Crippen LogP contribution < -0.4 is 5.32 Å². The van der Waals surface area contributed by atoms with Crippen LogP contribution >= 0.6 is 0 Å². The molecule has 0 unspecified atom stereocenters. The van der Waals surface area contributed by atoms with Crippen molar-refractivity contribution in [2.24, 2.45) is 0 Å². The number of hydrogen-bond donors (Lipinski definition) is 1. The third-order valence-corrected chi connectivity index (χ3v) is 2.09. The Labute approximate surface area is 95.9 Å². The fraction of sp³-hybridized carbons (Fsp3) is 0.364. The third kappa shape index (κ3) is 4.04. The summed E-state index contributed by atoms with van der Waals surface area (Å²) in [6.45, 7) is -1.03. The number of rotatable bonds is 5. The first-order chi connectivity index (χ1) is 7.95. The molecule has 0 atom stereocenters. The van der Waals surface area contributed by atoms with Gasteiger partial charge in [-0.1, -0.05) is 12.1 Å². The molecule has 0 aliphatic carbocycles. The largest absolute Gasteiger partial charge is 0.319 e. The van der Waals surface area contributed by atoms with Gasteiger partial charge in [-0.3, -0.25) is 0 Å². The number of nitrogens with zero attached hydrogens (tertiary/aromatic N) is 1. The van der Waals surface area contributed by atoms with Gasteiger partial charge in [-0.2, -0.15) is 14.0 Å². The second kappa shape index (κ2) is 5.64. The normalized spacial score (nSPS) is 11.5. The molecule has 0 aromatic heterocycles. The first-order valence-corrected chi connectivity index (χ1v) is 4.81. The van der Waals surface area contributed by atoms with E-state index >= 15 is 0 Å². The van der Waals surface area contributed by atoms with Crippen LogP contribution in [0.5, 0.6) is 0 Å². The van der Waals surface area contributed by atoms with Crippen molar-refractivity contribution in [3.63, 3.8) is 0 Å². The van der Waals surface area contributed by atoms with Gasteiger partial charge in [0.1, 0.15) is 0 Å². The second-order valence-electron chi connectivity index (χ2n) is 3.47. The van der Waals surface area contributed by atoms with Crippen molar-refractivity contribution in [1.82, 2.24) is 5.32 Å². The minimum Gasteiger partial charge on any atom is -0.307 e. The van der Waals surface area contributed by atoms with Crippen LogP contribution in [0.3, 0.4) is 0 Å². The summed E-state index contributed by atoms with van der Waals surface area (Å²) >= 11 is 0. The van der Waals surface area contributed by atoms with Gasteiger partial charge in [-0.15, -0.1) is 0 Å². The zero-order chi connectivity index (χ0) is 12.9. The summed E-state index contributed by atoms with van der Waals surface area (Å²) in [5, 5.41) is 10.8. The maximum absolute atomic E-state index is 12.5. The Balaban J connectivity index is 2.44. The molecule has 0 radical (unpaired) electrons. The van der Waals surface area contributed by atoms with Crippen molar-refractivity contribution in [2.75, 3.05) is 6.54 Å². The summed E-state index contributed by atoms with van der Waals surface area (Å²) in [4.78, 5) is 0. The van der Waals surface area contributed by atoms with E-state index in [4.69, 9.17) is 5.26 Å². The van der Waals surface area contributed by atoms with Gasteiger partial charge in [-0.25, -0.2) is 8.78 Å². The predicted molar refractivity (Wildman–Crippen MR) is 53.8 cm³/mol. The van der Waals surface area contributed by atoms with E-state index in [2.05, 4.69) is 5.32 Å². The standard InChI is InChI=1S/C11H10F4N2/c12-10(13)11(14,15)7-17-6-9-3-1-8(5-16)2-4-9/h1-4,10,17H,6-7H2. The molecule has 0 amide bonds. The molecule has 2 nitrogen and oxygen atoms in total. The van der Waals surface area contributed by atoms with E-state index in [1.165, 1.54) is 12.1 Å². The van der Waals surface area contributed by atoms with Crippen LogP contribution in [-0.2, 0) is 6.54 Å². The van der Waals surface area contributed by atoms with Gasteiger partial charge in [-0.05, 0) is 17.7 Å². The van der Waals surface area contributed by atoms with Gasteiger partial charge < -0.3 is 5.32 Å². The quantitative estimate of drug-likeness (QED) is 0.810. The lowest BCUT2D eigenvalue weighted by Gasteiger charge is -2.15. The molecule has 0 fully saturated rings. The molecule has 1 N–H and O–H groups in total. The molecule has 0 bridgehead atoms. The lowest BCUT2D eigenvalue weighted by Crippen LogP contribution is -2.38. The number of alkyl halides is 4. The molecule has 0 saturated heterocycles. The lowest BCUT2D eigenvalue weighted by molar-refractivity contribution is -0.125. The maximum Gasteiger partial charge on any atom is 0.319 e. The number of hydrogen-bond acceptors (Lipinski definition) is 2. The molecule has 0 spiro atoms. The highest BCUT2D eigenvalue weighted by atomic mass is 19.3. The van der Waals surface area contributed by atoms with Gasteiger partial charge >= 0.3 is 12.3 Å². The van der Waals surface area contributed by atoms with Crippen LogP contribution in [0.4, 0.5) is 17.6 Å². The Hall–Kier alpha value is -1.61. The van der Waals surface area contributed by atoms with Crippen LogP contribution in [0.15, 0.2) is 24.3 Å². The lowest BCUT2D eigenvalue weighted by atomic mass is 10.1.